The maximum Gasteiger partial charge on any atom is 0.246 e. The fraction of sp³-hybridized carbons (Fsp3) is 0.333. The van der Waals surface area contributed by atoms with Gasteiger partial charge < -0.3 is 30.5 Å². The third-order valence-corrected chi connectivity index (χ3v) is 5.47. The van der Waals surface area contributed by atoms with Crippen molar-refractivity contribution in [3.8, 4) is 11.5 Å². The number of benzene rings is 2. The van der Waals surface area contributed by atoms with Crippen LogP contribution in [0.15, 0.2) is 48.9 Å². The number of hydrogen-bond donors (Lipinski definition) is 4. The van der Waals surface area contributed by atoms with Crippen LogP contribution in [-0.4, -0.2) is 63.2 Å². The lowest BCUT2D eigenvalue weighted by Crippen LogP contribution is -2.20. The summed E-state index contributed by atoms with van der Waals surface area (Å²) in [5.74, 6) is -1.26. The minimum atomic E-state index is -1.13. The van der Waals surface area contributed by atoms with Crippen molar-refractivity contribution < 1.29 is 28.2 Å². The van der Waals surface area contributed by atoms with Crippen LogP contribution < -0.4 is 25.4 Å². The predicted molar refractivity (Wildman–Crippen MR) is 146 cm³/mol. The van der Waals surface area contributed by atoms with Crippen LogP contribution in [0.3, 0.4) is 0 Å². The number of carbonyl (C=O) groups excluding carboxylic acids is 1. The molecule has 13 heteroatoms. The summed E-state index contributed by atoms with van der Waals surface area (Å²) in [6.07, 6.45) is 5.39. The van der Waals surface area contributed by atoms with Gasteiger partial charge in [-0.05, 0) is 38.9 Å². The Morgan fingerprint density at radius 3 is 2.83 bits per heavy atom. The van der Waals surface area contributed by atoms with Crippen molar-refractivity contribution in [1.82, 2.24) is 25.1 Å². The first-order chi connectivity index (χ1) is 19.3. The summed E-state index contributed by atoms with van der Waals surface area (Å²) < 4.78 is 40.4. The second-order valence-electron chi connectivity index (χ2n) is 9.09. The largest absolute Gasteiger partial charge is 0.493 e. The lowest BCUT2D eigenvalue weighted by Gasteiger charge is -2.15. The van der Waals surface area contributed by atoms with Crippen LogP contribution in [-0.2, 0) is 11.3 Å². The average molecular weight is 556 g/mol. The summed E-state index contributed by atoms with van der Waals surface area (Å²) in [5, 5.41) is 22.2. The third-order valence-electron chi connectivity index (χ3n) is 5.47. The molecular formula is C27H31F2N7O4. The molecule has 0 unspecified atom stereocenters. The molecule has 4 rings (SSSR count). The molecule has 4 N–H and O–H groups in total. The summed E-state index contributed by atoms with van der Waals surface area (Å²) in [7, 11) is 0. The first kappa shape index (κ1) is 28.6. The first-order valence-electron chi connectivity index (χ1n) is 12.8. The van der Waals surface area contributed by atoms with Gasteiger partial charge in [0, 0.05) is 31.1 Å². The highest BCUT2D eigenvalue weighted by Crippen LogP contribution is 2.31. The SMILES string of the molecule is CC(C)Oc1cc(OCCCNCCO)cc2nc(Nc3cnn(CC(=O)Nc4cccc(F)c4F)c3)ncc12. The smallest absolute Gasteiger partial charge is 0.246 e. The van der Waals surface area contributed by atoms with Crippen molar-refractivity contribution in [2.24, 2.45) is 0 Å². The van der Waals surface area contributed by atoms with Gasteiger partial charge in [0.1, 0.15) is 18.0 Å². The molecular weight excluding hydrogens is 524 g/mol. The average Bonchev–Trinajstić information content (AvgIpc) is 3.34. The number of rotatable bonds is 14. The standard InChI is InChI=1S/C27H31F2N7O4/c1-17(2)40-24-12-19(39-10-4-7-30-8-9-37)11-23-20(24)14-31-27(35-23)33-18-13-32-36(15-18)16-25(38)34-22-6-3-5-21(28)26(22)29/h3,5-6,11-15,17,30,37H,4,7-10,16H2,1-2H3,(H,34,38)(H,31,33,35). The molecule has 0 saturated carbocycles. The van der Waals surface area contributed by atoms with E-state index in [4.69, 9.17) is 14.6 Å². The summed E-state index contributed by atoms with van der Waals surface area (Å²) in [6, 6.07) is 7.16. The number of aliphatic hydroxyl groups excluding tert-OH is 1. The van der Waals surface area contributed by atoms with E-state index in [1.165, 1.54) is 23.0 Å². The monoisotopic (exact) mass is 555 g/mol. The van der Waals surface area contributed by atoms with Crippen LogP contribution in [0.5, 0.6) is 11.5 Å². The topological polar surface area (TPSA) is 135 Å². The number of halogens is 2. The Kier molecular flexibility index (Phi) is 9.76. The fourth-order valence-corrected chi connectivity index (χ4v) is 3.75. The van der Waals surface area contributed by atoms with E-state index in [9.17, 15) is 13.6 Å². The summed E-state index contributed by atoms with van der Waals surface area (Å²) in [4.78, 5) is 21.3. The number of fused-ring (bicyclic) bond motifs is 1. The molecule has 0 spiro atoms. The molecule has 11 nitrogen and oxygen atoms in total. The Labute approximate surface area is 229 Å². The Morgan fingerprint density at radius 1 is 1.18 bits per heavy atom. The van der Waals surface area contributed by atoms with Crippen LogP contribution >= 0.6 is 0 Å². The van der Waals surface area contributed by atoms with E-state index in [2.05, 4.69) is 31.0 Å². The Morgan fingerprint density at radius 2 is 2.02 bits per heavy atom. The van der Waals surface area contributed by atoms with Crippen molar-refractivity contribution >= 4 is 34.1 Å². The number of nitrogens with zero attached hydrogens (tertiary/aromatic N) is 4. The van der Waals surface area contributed by atoms with Gasteiger partial charge in [-0.3, -0.25) is 9.48 Å². The summed E-state index contributed by atoms with van der Waals surface area (Å²) >= 11 is 0. The molecule has 0 bridgehead atoms. The van der Waals surface area contributed by atoms with E-state index in [0.717, 1.165) is 19.0 Å². The summed E-state index contributed by atoms with van der Waals surface area (Å²) in [5.41, 5.74) is 0.876. The molecule has 212 valence electrons. The normalized spacial score (nSPS) is 11.2. The number of ether oxygens (including phenoxy) is 2. The number of anilines is 3. The van der Waals surface area contributed by atoms with Crippen molar-refractivity contribution in [3.05, 3.63) is 60.6 Å². The van der Waals surface area contributed by atoms with E-state index in [1.54, 1.807) is 18.5 Å². The van der Waals surface area contributed by atoms with E-state index < -0.39 is 17.5 Å². The van der Waals surface area contributed by atoms with Gasteiger partial charge in [0.15, 0.2) is 11.6 Å². The van der Waals surface area contributed by atoms with E-state index >= 15 is 0 Å². The highest BCUT2D eigenvalue weighted by atomic mass is 19.2. The molecule has 0 aliphatic rings. The quantitative estimate of drug-likeness (QED) is 0.172. The van der Waals surface area contributed by atoms with Gasteiger partial charge in [-0.1, -0.05) is 6.07 Å². The zero-order chi connectivity index (χ0) is 28.5. The van der Waals surface area contributed by atoms with Crippen LogP contribution in [0, 0.1) is 11.6 Å². The van der Waals surface area contributed by atoms with Crippen molar-refractivity contribution in [2.45, 2.75) is 32.9 Å². The molecule has 0 atom stereocenters. The molecule has 2 heterocycles. The van der Waals surface area contributed by atoms with Crippen LogP contribution in [0.2, 0.25) is 0 Å². The number of aromatic nitrogens is 4. The van der Waals surface area contributed by atoms with Gasteiger partial charge in [0.2, 0.25) is 11.9 Å². The maximum atomic E-state index is 13.8. The third kappa shape index (κ3) is 7.83. The molecule has 0 radical (unpaired) electrons. The molecule has 4 aromatic rings. The zero-order valence-electron chi connectivity index (χ0n) is 22.2. The molecule has 0 fully saturated rings. The lowest BCUT2D eigenvalue weighted by atomic mass is 10.2. The van der Waals surface area contributed by atoms with Gasteiger partial charge in [-0.15, -0.1) is 0 Å². The highest BCUT2D eigenvalue weighted by molar-refractivity contribution is 5.90. The number of carbonyl (C=O) groups is 1. The Bertz CT molecular complexity index is 1450. The zero-order valence-corrected chi connectivity index (χ0v) is 22.2. The Balaban J connectivity index is 1.43. The van der Waals surface area contributed by atoms with E-state index in [1.807, 2.05) is 19.9 Å². The second-order valence-corrected chi connectivity index (χ2v) is 9.09. The minimum Gasteiger partial charge on any atom is -0.493 e. The van der Waals surface area contributed by atoms with Crippen LogP contribution in [0.1, 0.15) is 20.3 Å². The van der Waals surface area contributed by atoms with E-state index in [0.29, 0.717) is 47.2 Å². The predicted octanol–water partition coefficient (Wildman–Crippen LogP) is 3.62. The molecule has 1 amide bonds. The fourth-order valence-electron chi connectivity index (χ4n) is 3.75. The van der Waals surface area contributed by atoms with Gasteiger partial charge in [0.05, 0.1) is 47.8 Å². The minimum absolute atomic E-state index is 0.0700. The second kappa shape index (κ2) is 13.6. The van der Waals surface area contributed by atoms with Crippen LogP contribution in [0.4, 0.5) is 26.1 Å². The number of amides is 1. The van der Waals surface area contributed by atoms with Gasteiger partial charge >= 0.3 is 0 Å². The van der Waals surface area contributed by atoms with Crippen molar-refractivity contribution in [2.75, 3.05) is 36.9 Å². The first-order valence-corrected chi connectivity index (χ1v) is 12.8. The van der Waals surface area contributed by atoms with Crippen molar-refractivity contribution in [3.63, 3.8) is 0 Å². The Hall–Kier alpha value is -4.36. The lowest BCUT2D eigenvalue weighted by molar-refractivity contribution is -0.116. The van der Waals surface area contributed by atoms with Crippen LogP contribution in [0.25, 0.3) is 10.9 Å². The molecule has 2 aromatic carbocycles. The van der Waals surface area contributed by atoms with Gasteiger partial charge in [-0.25, -0.2) is 18.7 Å². The maximum absolute atomic E-state index is 13.8. The molecule has 40 heavy (non-hydrogen) atoms. The number of nitrogens with one attached hydrogen (secondary N) is 3. The van der Waals surface area contributed by atoms with Gasteiger partial charge in [-0.2, -0.15) is 5.10 Å². The van der Waals surface area contributed by atoms with Gasteiger partial charge in [0.25, 0.3) is 0 Å². The van der Waals surface area contributed by atoms with Crippen molar-refractivity contribution in [1.29, 1.82) is 0 Å². The van der Waals surface area contributed by atoms with E-state index in [-0.39, 0.29) is 24.9 Å². The number of aliphatic hydroxyl groups is 1. The highest BCUT2D eigenvalue weighted by Gasteiger charge is 2.14. The number of hydrogen-bond acceptors (Lipinski definition) is 9. The summed E-state index contributed by atoms with van der Waals surface area (Å²) in [6.45, 7) is 5.45. The molecule has 2 aromatic heterocycles. The molecule has 0 aliphatic heterocycles. The molecule has 0 aliphatic carbocycles. The molecule has 0 saturated heterocycles.